The number of benzene rings is 1. The number of nitrogens with zero attached hydrogens (tertiary/aromatic N) is 3. The van der Waals surface area contributed by atoms with E-state index in [-0.39, 0.29) is 5.65 Å². The maximum absolute atomic E-state index is 13.2. The topological polar surface area (TPSA) is 38.1 Å². The van der Waals surface area contributed by atoms with Crippen molar-refractivity contribution in [3.8, 4) is 5.69 Å². The van der Waals surface area contributed by atoms with Crippen molar-refractivity contribution < 1.29 is 13.2 Å². The Kier molecular flexibility index (Phi) is 3.94. The van der Waals surface area contributed by atoms with E-state index in [4.69, 9.17) is 0 Å². The van der Waals surface area contributed by atoms with Crippen LogP contribution in [0.25, 0.3) is 16.7 Å². The van der Waals surface area contributed by atoms with E-state index in [2.05, 4.69) is 4.98 Å². The van der Waals surface area contributed by atoms with Gasteiger partial charge in [-0.3, -0.25) is 9.36 Å². The molecule has 0 spiro atoms. The van der Waals surface area contributed by atoms with Gasteiger partial charge in [0.05, 0.1) is 11.4 Å². The van der Waals surface area contributed by atoms with Crippen molar-refractivity contribution in [1.29, 1.82) is 0 Å². The number of aromatic nitrogens is 2. The molecular formula is C19H16F3N3O. The van der Waals surface area contributed by atoms with Crippen LogP contribution in [0.5, 0.6) is 0 Å². The van der Waals surface area contributed by atoms with Crippen LogP contribution in [0.2, 0.25) is 0 Å². The molecule has 0 saturated carbocycles. The van der Waals surface area contributed by atoms with Gasteiger partial charge < -0.3 is 4.90 Å². The minimum absolute atomic E-state index is 0.0282. The number of pyridine rings is 2. The van der Waals surface area contributed by atoms with Crippen molar-refractivity contribution in [3.63, 3.8) is 0 Å². The van der Waals surface area contributed by atoms with E-state index in [1.807, 2.05) is 4.90 Å². The number of fused-ring (bicyclic) bond motifs is 1. The molecule has 1 aromatic carbocycles. The summed E-state index contributed by atoms with van der Waals surface area (Å²) in [5.41, 5.74) is -0.233. The third-order valence-corrected chi connectivity index (χ3v) is 4.60. The summed E-state index contributed by atoms with van der Waals surface area (Å²) in [5, 5.41) is 0.545. The first kappa shape index (κ1) is 16.6. The lowest BCUT2D eigenvalue weighted by atomic mass is 10.2. The Balaban J connectivity index is 2.05. The third kappa shape index (κ3) is 2.83. The van der Waals surface area contributed by atoms with Crippen LogP contribution in [0.3, 0.4) is 0 Å². The molecule has 0 N–H and O–H groups in total. The van der Waals surface area contributed by atoms with Crippen molar-refractivity contribution in [1.82, 2.24) is 9.55 Å². The zero-order valence-corrected chi connectivity index (χ0v) is 13.8. The zero-order chi connectivity index (χ0) is 18.3. The third-order valence-electron chi connectivity index (χ3n) is 4.60. The maximum Gasteiger partial charge on any atom is 0.433 e. The number of halogens is 3. The minimum atomic E-state index is -4.57. The van der Waals surface area contributed by atoms with Crippen LogP contribution in [0.15, 0.2) is 53.3 Å². The quantitative estimate of drug-likeness (QED) is 0.694. The van der Waals surface area contributed by atoms with Gasteiger partial charge in [-0.1, -0.05) is 18.2 Å². The van der Waals surface area contributed by atoms with E-state index in [1.54, 1.807) is 30.3 Å². The standard InChI is InChI=1S/C19H16F3N3O/c20-19(21,22)16-9-8-14-15(24-10-4-5-11-24)12-17(26)25(18(14)23-16)13-6-2-1-3-7-13/h1-3,6-9,12H,4-5,10-11H2. The molecule has 3 aromatic rings. The first-order chi connectivity index (χ1) is 12.4. The highest BCUT2D eigenvalue weighted by molar-refractivity contribution is 5.90. The Morgan fingerprint density at radius 1 is 0.962 bits per heavy atom. The Morgan fingerprint density at radius 2 is 1.65 bits per heavy atom. The predicted molar refractivity (Wildman–Crippen MR) is 93.8 cm³/mol. The number of alkyl halides is 3. The van der Waals surface area contributed by atoms with E-state index in [1.165, 1.54) is 16.7 Å². The molecule has 134 valence electrons. The van der Waals surface area contributed by atoms with E-state index in [9.17, 15) is 18.0 Å². The van der Waals surface area contributed by atoms with Crippen LogP contribution in [0.1, 0.15) is 18.5 Å². The summed E-state index contributed by atoms with van der Waals surface area (Å²) in [4.78, 5) is 18.6. The van der Waals surface area contributed by atoms with Crippen LogP contribution < -0.4 is 10.5 Å². The monoisotopic (exact) mass is 359 g/mol. The van der Waals surface area contributed by atoms with E-state index in [0.717, 1.165) is 32.0 Å². The van der Waals surface area contributed by atoms with Crippen molar-refractivity contribution in [2.24, 2.45) is 0 Å². The number of para-hydroxylation sites is 1. The second kappa shape index (κ2) is 6.16. The average molecular weight is 359 g/mol. The zero-order valence-electron chi connectivity index (χ0n) is 13.8. The summed E-state index contributed by atoms with van der Waals surface area (Å²) in [6.07, 6.45) is -2.58. The van der Waals surface area contributed by atoms with Gasteiger partial charge in [0.2, 0.25) is 0 Å². The average Bonchev–Trinajstić information content (AvgIpc) is 3.15. The van der Waals surface area contributed by atoms with Crippen LogP contribution in [-0.2, 0) is 6.18 Å². The molecule has 0 radical (unpaired) electrons. The highest BCUT2D eigenvalue weighted by Crippen LogP contribution is 2.33. The molecule has 4 rings (SSSR count). The molecule has 1 fully saturated rings. The molecule has 1 aliphatic rings. The smallest absolute Gasteiger partial charge is 0.371 e. The first-order valence-electron chi connectivity index (χ1n) is 8.39. The molecule has 0 amide bonds. The van der Waals surface area contributed by atoms with E-state index >= 15 is 0 Å². The molecule has 26 heavy (non-hydrogen) atoms. The summed E-state index contributed by atoms with van der Waals surface area (Å²) in [7, 11) is 0. The fourth-order valence-electron chi connectivity index (χ4n) is 3.39. The van der Waals surface area contributed by atoms with Crippen LogP contribution >= 0.6 is 0 Å². The van der Waals surface area contributed by atoms with Crippen LogP contribution in [-0.4, -0.2) is 22.6 Å². The lowest BCUT2D eigenvalue weighted by molar-refractivity contribution is -0.141. The molecule has 0 atom stereocenters. The minimum Gasteiger partial charge on any atom is -0.371 e. The summed E-state index contributed by atoms with van der Waals surface area (Å²) in [6.45, 7) is 1.57. The molecule has 0 bridgehead atoms. The van der Waals surface area contributed by atoms with Crippen LogP contribution in [0.4, 0.5) is 18.9 Å². The molecule has 4 nitrogen and oxygen atoms in total. The Hall–Kier alpha value is -2.83. The second-order valence-electron chi connectivity index (χ2n) is 6.30. The molecular weight excluding hydrogens is 343 g/mol. The first-order valence-corrected chi connectivity index (χ1v) is 8.39. The predicted octanol–water partition coefficient (Wildman–Crippen LogP) is 4.00. The molecule has 3 heterocycles. The summed E-state index contributed by atoms with van der Waals surface area (Å²) < 4.78 is 40.8. The Labute approximate surface area is 147 Å². The fourth-order valence-corrected chi connectivity index (χ4v) is 3.39. The van der Waals surface area contributed by atoms with Gasteiger partial charge in [-0.05, 0) is 37.1 Å². The normalized spacial score (nSPS) is 15.0. The Morgan fingerprint density at radius 3 is 2.31 bits per heavy atom. The highest BCUT2D eigenvalue weighted by Gasteiger charge is 2.33. The van der Waals surface area contributed by atoms with Gasteiger partial charge >= 0.3 is 6.18 Å². The largest absolute Gasteiger partial charge is 0.433 e. The van der Waals surface area contributed by atoms with Crippen molar-refractivity contribution in [2.75, 3.05) is 18.0 Å². The van der Waals surface area contributed by atoms with Crippen molar-refractivity contribution in [3.05, 3.63) is 64.6 Å². The fraction of sp³-hybridized carbons (Fsp3) is 0.263. The van der Waals surface area contributed by atoms with Crippen molar-refractivity contribution >= 4 is 16.7 Å². The molecule has 0 unspecified atom stereocenters. The second-order valence-corrected chi connectivity index (χ2v) is 6.30. The molecule has 1 saturated heterocycles. The SMILES string of the molecule is O=c1cc(N2CCCC2)c2ccc(C(F)(F)F)nc2n1-c1ccccc1. The van der Waals surface area contributed by atoms with E-state index < -0.39 is 17.4 Å². The lowest BCUT2D eigenvalue weighted by Gasteiger charge is -2.21. The molecule has 1 aliphatic heterocycles. The summed E-state index contributed by atoms with van der Waals surface area (Å²) in [5.74, 6) is 0. The number of hydrogen-bond acceptors (Lipinski definition) is 3. The summed E-state index contributed by atoms with van der Waals surface area (Å²) in [6, 6.07) is 12.5. The van der Waals surface area contributed by atoms with E-state index in [0.29, 0.717) is 16.8 Å². The van der Waals surface area contributed by atoms with Crippen molar-refractivity contribution in [2.45, 2.75) is 19.0 Å². The molecule has 0 aliphatic carbocycles. The van der Waals surface area contributed by atoms with Gasteiger partial charge in [-0.2, -0.15) is 13.2 Å². The summed E-state index contributed by atoms with van der Waals surface area (Å²) >= 11 is 0. The lowest BCUT2D eigenvalue weighted by Crippen LogP contribution is -2.25. The van der Waals surface area contributed by atoms with Gasteiger partial charge in [0.25, 0.3) is 5.56 Å². The van der Waals surface area contributed by atoms with Gasteiger partial charge in [-0.15, -0.1) is 0 Å². The van der Waals surface area contributed by atoms with Gasteiger partial charge in [0.15, 0.2) is 0 Å². The van der Waals surface area contributed by atoms with Gasteiger partial charge in [0, 0.05) is 24.5 Å². The highest BCUT2D eigenvalue weighted by atomic mass is 19.4. The number of rotatable bonds is 2. The molecule has 7 heteroatoms. The van der Waals surface area contributed by atoms with Crippen LogP contribution in [0, 0.1) is 0 Å². The molecule has 2 aromatic heterocycles. The number of hydrogen-bond donors (Lipinski definition) is 0. The van der Waals surface area contributed by atoms with Gasteiger partial charge in [0.1, 0.15) is 11.3 Å². The van der Waals surface area contributed by atoms with Gasteiger partial charge in [-0.25, -0.2) is 4.98 Å². The Bertz CT molecular complexity index is 1010. The number of anilines is 1. The maximum atomic E-state index is 13.2.